The maximum atomic E-state index is 12.1. The summed E-state index contributed by atoms with van der Waals surface area (Å²) in [6.07, 6.45) is 11.6. The normalized spacial score (nSPS) is 18.2. The fourth-order valence-corrected chi connectivity index (χ4v) is 8.03. The molecule has 0 saturated heterocycles. The standard InChI is InChI=1S/C42H59N3O5S/c1-30-15-22-38-37(28-30)42(4,5)39(43(38)25-13-27-45(9,10)11)23-17-31(18-24-40(46)47)16-21-35-33(14-12-26-44(6,7)8)34-20-19-32(51(48,49)50)29-36(34)41(35,2)3/h15-17,19-23,28-29H,12-14,18,24-27H2,1-11H3/p+2/b21-16+,31-17-,39-23-. The number of nitrogens with zero attached hydrogens (tertiary/aromatic N) is 3. The topological polar surface area (TPSA) is 94.9 Å². The third-order valence-corrected chi connectivity index (χ3v) is 11.2. The number of rotatable bonds is 15. The van der Waals surface area contributed by atoms with Gasteiger partial charge in [0.15, 0.2) is 0 Å². The van der Waals surface area contributed by atoms with Crippen molar-refractivity contribution in [3.8, 4) is 0 Å². The van der Waals surface area contributed by atoms with Crippen LogP contribution in [0.2, 0.25) is 0 Å². The molecule has 9 heteroatoms. The smallest absolute Gasteiger partial charge is 0.303 e. The summed E-state index contributed by atoms with van der Waals surface area (Å²) in [5.41, 5.74) is 9.17. The highest BCUT2D eigenvalue weighted by molar-refractivity contribution is 7.85. The summed E-state index contributed by atoms with van der Waals surface area (Å²) in [4.78, 5) is 14.1. The summed E-state index contributed by atoms with van der Waals surface area (Å²) in [5.74, 6) is -0.848. The third-order valence-electron chi connectivity index (χ3n) is 10.3. The molecule has 0 amide bonds. The zero-order chi connectivity index (χ0) is 38.2. The third kappa shape index (κ3) is 9.69. The minimum atomic E-state index is -4.37. The van der Waals surface area contributed by atoms with E-state index in [1.807, 2.05) is 12.1 Å². The molecule has 278 valence electrons. The minimum Gasteiger partial charge on any atom is -0.481 e. The number of anilines is 1. The zero-order valence-corrected chi connectivity index (χ0v) is 33.6. The first-order valence-corrected chi connectivity index (χ1v) is 19.5. The summed E-state index contributed by atoms with van der Waals surface area (Å²) >= 11 is 0. The molecule has 0 spiro atoms. The van der Waals surface area contributed by atoms with Crippen molar-refractivity contribution in [2.75, 3.05) is 66.8 Å². The van der Waals surface area contributed by atoms with E-state index in [0.29, 0.717) is 6.42 Å². The van der Waals surface area contributed by atoms with Crippen molar-refractivity contribution in [3.05, 3.63) is 99.8 Å². The van der Waals surface area contributed by atoms with E-state index in [2.05, 4.69) is 118 Å². The molecule has 8 nitrogen and oxygen atoms in total. The van der Waals surface area contributed by atoms with Gasteiger partial charge in [-0.25, -0.2) is 0 Å². The van der Waals surface area contributed by atoms with Crippen LogP contribution in [0.1, 0.15) is 82.1 Å². The molecule has 0 bridgehead atoms. The van der Waals surface area contributed by atoms with E-state index in [-0.39, 0.29) is 16.7 Å². The van der Waals surface area contributed by atoms with Gasteiger partial charge >= 0.3 is 5.97 Å². The Morgan fingerprint density at radius 3 is 2.12 bits per heavy atom. The number of carboxylic acids is 1. The largest absolute Gasteiger partial charge is 0.481 e. The lowest BCUT2D eigenvalue weighted by molar-refractivity contribution is -0.870. The van der Waals surface area contributed by atoms with Gasteiger partial charge in [-0.2, -0.15) is 8.42 Å². The summed E-state index contributed by atoms with van der Waals surface area (Å²) in [6.45, 7) is 13.7. The second-order valence-corrected chi connectivity index (χ2v) is 18.9. The van der Waals surface area contributed by atoms with E-state index in [1.165, 1.54) is 28.6 Å². The molecule has 1 aliphatic heterocycles. The van der Waals surface area contributed by atoms with Crippen LogP contribution < -0.4 is 4.90 Å². The average Bonchev–Trinajstić information content (AvgIpc) is 3.32. The highest BCUT2D eigenvalue weighted by atomic mass is 32.2. The molecule has 51 heavy (non-hydrogen) atoms. The van der Waals surface area contributed by atoms with Crippen LogP contribution >= 0.6 is 0 Å². The van der Waals surface area contributed by atoms with Gasteiger partial charge in [0.05, 0.1) is 60.3 Å². The Morgan fingerprint density at radius 2 is 1.51 bits per heavy atom. The number of aliphatic carboxylic acids is 1. The molecule has 0 fully saturated rings. The van der Waals surface area contributed by atoms with E-state index in [1.54, 1.807) is 6.07 Å². The van der Waals surface area contributed by atoms with Crippen LogP contribution in [0, 0.1) is 6.92 Å². The number of quaternary nitrogens is 2. The first kappa shape index (κ1) is 40.3. The molecule has 0 atom stereocenters. The van der Waals surface area contributed by atoms with E-state index in [0.717, 1.165) is 75.7 Å². The Hall–Kier alpha value is -3.50. The molecule has 4 rings (SSSR count). The number of carboxylic acid groups (broad SMARTS) is 1. The van der Waals surface area contributed by atoms with Crippen molar-refractivity contribution < 1.29 is 31.8 Å². The predicted octanol–water partition coefficient (Wildman–Crippen LogP) is 7.90. The van der Waals surface area contributed by atoms with Gasteiger partial charge in [-0.05, 0) is 77.5 Å². The van der Waals surface area contributed by atoms with Gasteiger partial charge in [0, 0.05) is 48.0 Å². The molecular formula is C42H61N3O5S+2. The molecule has 2 N–H and O–H groups in total. The number of aryl methyl sites for hydroxylation is 1. The number of carbonyl (C=O) groups is 1. The summed E-state index contributed by atoms with van der Waals surface area (Å²) in [6, 6.07) is 11.6. The number of hydrogen-bond donors (Lipinski definition) is 2. The molecule has 0 aromatic heterocycles. The van der Waals surface area contributed by atoms with Gasteiger partial charge in [-0.15, -0.1) is 0 Å². The zero-order valence-electron chi connectivity index (χ0n) is 32.8. The molecule has 0 saturated carbocycles. The van der Waals surface area contributed by atoms with Crippen molar-refractivity contribution in [2.45, 2.75) is 82.4 Å². The number of hydrogen-bond acceptors (Lipinski definition) is 4. The fourth-order valence-electron chi connectivity index (χ4n) is 7.52. The lowest BCUT2D eigenvalue weighted by atomic mass is 9.80. The Balaban J connectivity index is 1.80. The lowest BCUT2D eigenvalue weighted by Gasteiger charge is -2.29. The Bertz CT molecular complexity index is 1880. The van der Waals surface area contributed by atoms with Crippen molar-refractivity contribution in [3.63, 3.8) is 0 Å². The van der Waals surface area contributed by atoms with E-state index in [9.17, 15) is 22.9 Å². The van der Waals surface area contributed by atoms with Crippen molar-refractivity contribution >= 4 is 27.3 Å². The van der Waals surface area contributed by atoms with Gasteiger partial charge in [0.25, 0.3) is 10.1 Å². The molecule has 0 radical (unpaired) electrons. The van der Waals surface area contributed by atoms with Crippen LogP contribution in [0.3, 0.4) is 0 Å². The molecule has 0 unspecified atom stereocenters. The first-order chi connectivity index (χ1) is 23.4. The molecule has 2 aromatic rings. The van der Waals surface area contributed by atoms with Crippen molar-refractivity contribution in [1.82, 2.24) is 0 Å². The fraction of sp³-hybridized carbons (Fsp3) is 0.500. The minimum absolute atomic E-state index is 0.00607. The van der Waals surface area contributed by atoms with Crippen LogP contribution in [0.15, 0.2) is 82.4 Å². The van der Waals surface area contributed by atoms with Gasteiger partial charge < -0.3 is 19.0 Å². The van der Waals surface area contributed by atoms with Gasteiger partial charge in [-0.1, -0.05) is 69.7 Å². The van der Waals surface area contributed by atoms with Gasteiger partial charge in [-0.3, -0.25) is 9.35 Å². The summed E-state index contributed by atoms with van der Waals surface area (Å²) in [5, 5.41) is 9.70. The quantitative estimate of drug-likeness (QED) is 0.111. The molecule has 1 aliphatic carbocycles. The monoisotopic (exact) mass is 719 g/mol. The average molecular weight is 720 g/mol. The summed E-state index contributed by atoms with van der Waals surface area (Å²) in [7, 11) is 8.79. The first-order valence-electron chi connectivity index (χ1n) is 18.1. The lowest BCUT2D eigenvalue weighted by Crippen LogP contribution is -2.37. The maximum Gasteiger partial charge on any atom is 0.303 e. The van der Waals surface area contributed by atoms with Crippen LogP contribution in [0.25, 0.3) is 5.57 Å². The van der Waals surface area contributed by atoms with Crippen LogP contribution in [0.5, 0.6) is 0 Å². The Morgan fingerprint density at radius 1 is 0.863 bits per heavy atom. The molecular weight excluding hydrogens is 659 g/mol. The number of allylic oxidation sites excluding steroid dienone is 8. The summed E-state index contributed by atoms with van der Waals surface area (Å²) < 4.78 is 35.9. The predicted molar refractivity (Wildman–Crippen MR) is 210 cm³/mol. The van der Waals surface area contributed by atoms with Crippen LogP contribution in [0.4, 0.5) is 5.69 Å². The molecule has 2 aliphatic rings. The molecule has 1 heterocycles. The highest BCUT2D eigenvalue weighted by Gasteiger charge is 2.40. The van der Waals surface area contributed by atoms with E-state index in [4.69, 9.17) is 0 Å². The Kier molecular flexibility index (Phi) is 11.7. The van der Waals surface area contributed by atoms with E-state index < -0.39 is 21.5 Å². The van der Waals surface area contributed by atoms with Crippen molar-refractivity contribution in [2.24, 2.45) is 0 Å². The Labute approximate surface area is 307 Å². The van der Waals surface area contributed by atoms with E-state index >= 15 is 0 Å². The van der Waals surface area contributed by atoms with Crippen LogP contribution in [-0.4, -0.2) is 94.9 Å². The SMILES string of the molecule is Cc1ccc2c(c1)C(C)(C)/C(=C/C=C(/C=C/C1=C(CCC[N+](C)(C)C)c3ccc(S(=O)(=O)O)cc3C1(C)C)CCC(=O)O)N2CCC[N+](C)(C)C. The van der Waals surface area contributed by atoms with Crippen LogP contribution in [-0.2, 0) is 25.7 Å². The molecule has 2 aromatic carbocycles. The highest BCUT2D eigenvalue weighted by Crippen LogP contribution is 2.50. The second-order valence-electron chi connectivity index (χ2n) is 17.5. The van der Waals surface area contributed by atoms with Crippen molar-refractivity contribution in [1.29, 1.82) is 0 Å². The second kappa shape index (κ2) is 14.9. The number of benzene rings is 2. The maximum absolute atomic E-state index is 12.1. The number of fused-ring (bicyclic) bond motifs is 2. The van der Waals surface area contributed by atoms with Gasteiger partial charge in [0.1, 0.15) is 0 Å². The van der Waals surface area contributed by atoms with Gasteiger partial charge in [0.2, 0.25) is 0 Å².